The zero-order valence-corrected chi connectivity index (χ0v) is 14.3. The minimum absolute atomic E-state index is 0.177. The molecule has 2 aliphatic rings. The first-order valence-electron chi connectivity index (χ1n) is 8.87. The quantitative estimate of drug-likeness (QED) is 0.522. The van der Waals surface area contributed by atoms with Gasteiger partial charge in [0.25, 0.3) is 0 Å². The molecule has 0 amide bonds. The summed E-state index contributed by atoms with van der Waals surface area (Å²) in [7, 11) is 0. The van der Waals surface area contributed by atoms with Crippen molar-refractivity contribution in [1.29, 1.82) is 0 Å². The lowest BCUT2D eigenvalue weighted by Crippen LogP contribution is -2.45. The molecule has 140 valence electrons. The van der Waals surface area contributed by atoms with Crippen LogP contribution in [0.3, 0.4) is 0 Å². The molecule has 1 saturated heterocycles. The highest BCUT2D eigenvalue weighted by atomic mass is 19.4. The average molecular weight is 350 g/mol. The molecule has 0 spiro atoms. The minimum atomic E-state index is -4.12. The number of rotatable bonds is 5. The molecule has 1 heterocycles. The molecule has 3 N–H and O–H groups in total. The zero-order valence-electron chi connectivity index (χ0n) is 14.3. The van der Waals surface area contributed by atoms with Gasteiger partial charge in [0.1, 0.15) is 0 Å². The van der Waals surface area contributed by atoms with Crippen LogP contribution in [0.25, 0.3) is 0 Å². The Morgan fingerprint density at radius 1 is 1.21 bits per heavy atom. The monoisotopic (exact) mass is 350 g/mol. The molecule has 8 heteroatoms. The largest absolute Gasteiger partial charge is 0.401 e. The minimum Gasteiger partial charge on any atom is -0.393 e. The molecule has 1 atom stereocenters. The smallest absolute Gasteiger partial charge is 0.393 e. The van der Waals surface area contributed by atoms with Crippen molar-refractivity contribution in [2.24, 2.45) is 10.9 Å². The summed E-state index contributed by atoms with van der Waals surface area (Å²) in [6.07, 6.45) is -0.142. The number of nitrogens with zero attached hydrogens (tertiary/aromatic N) is 2. The van der Waals surface area contributed by atoms with Crippen LogP contribution in [0.2, 0.25) is 0 Å². The summed E-state index contributed by atoms with van der Waals surface area (Å²) < 4.78 is 37.3. The molecule has 1 aliphatic carbocycles. The summed E-state index contributed by atoms with van der Waals surface area (Å²) in [6.45, 7) is 3.39. The molecular weight excluding hydrogens is 321 g/mol. The van der Waals surface area contributed by atoms with Crippen LogP contribution in [0.15, 0.2) is 4.99 Å². The van der Waals surface area contributed by atoms with Gasteiger partial charge in [0.2, 0.25) is 0 Å². The lowest BCUT2D eigenvalue weighted by Gasteiger charge is -2.27. The van der Waals surface area contributed by atoms with Crippen molar-refractivity contribution in [1.82, 2.24) is 15.5 Å². The maximum absolute atomic E-state index is 12.4. The topological polar surface area (TPSA) is 59.9 Å². The number of guanidine groups is 1. The van der Waals surface area contributed by atoms with E-state index >= 15 is 0 Å². The van der Waals surface area contributed by atoms with E-state index in [0.717, 1.165) is 44.6 Å². The molecule has 2 fully saturated rings. The number of hydrogen-bond acceptors (Lipinski definition) is 3. The Hall–Kier alpha value is -1.02. The molecule has 1 saturated carbocycles. The molecule has 0 bridgehead atoms. The molecule has 0 aromatic carbocycles. The van der Waals surface area contributed by atoms with Gasteiger partial charge in [0.05, 0.1) is 12.6 Å². The SMILES string of the molecule is CCNC(=NCC1CCN(CC(F)(F)F)C1)NC1CCC(O)CC1. The maximum Gasteiger partial charge on any atom is 0.401 e. The van der Waals surface area contributed by atoms with Crippen LogP contribution >= 0.6 is 0 Å². The molecular formula is C16H29F3N4O. The zero-order chi connectivity index (χ0) is 17.6. The standard InChI is InChI=1S/C16H29F3N4O/c1-2-20-15(22-13-3-5-14(24)6-4-13)21-9-12-7-8-23(10-12)11-16(17,18)19/h12-14,24H,2-11H2,1H3,(H2,20,21,22). The van der Waals surface area contributed by atoms with E-state index in [4.69, 9.17) is 0 Å². The molecule has 0 aromatic rings. The van der Waals surface area contributed by atoms with Gasteiger partial charge in [-0.15, -0.1) is 0 Å². The first-order chi connectivity index (χ1) is 11.4. The van der Waals surface area contributed by atoms with E-state index in [0.29, 0.717) is 25.7 Å². The summed E-state index contributed by atoms with van der Waals surface area (Å²) in [5.41, 5.74) is 0. The van der Waals surface area contributed by atoms with E-state index in [1.165, 1.54) is 4.90 Å². The fraction of sp³-hybridized carbons (Fsp3) is 0.938. The Balaban J connectivity index is 1.78. The van der Waals surface area contributed by atoms with Crippen molar-refractivity contribution >= 4 is 5.96 Å². The molecule has 2 rings (SSSR count). The Morgan fingerprint density at radius 3 is 2.54 bits per heavy atom. The second-order valence-electron chi connectivity index (χ2n) is 6.87. The number of aliphatic hydroxyl groups excluding tert-OH is 1. The van der Waals surface area contributed by atoms with Gasteiger partial charge in [-0.05, 0) is 51.5 Å². The van der Waals surface area contributed by atoms with Gasteiger partial charge in [-0.25, -0.2) is 0 Å². The van der Waals surface area contributed by atoms with E-state index in [2.05, 4.69) is 15.6 Å². The third kappa shape index (κ3) is 6.84. The van der Waals surface area contributed by atoms with Crippen LogP contribution in [0.5, 0.6) is 0 Å². The van der Waals surface area contributed by atoms with Gasteiger partial charge < -0.3 is 15.7 Å². The predicted molar refractivity (Wildman–Crippen MR) is 88.0 cm³/mol. The summed E-state index contributed by atoms with van der Waals surface area (Å²) in [5, 5.41) is 16.1. The predicted octanol–water partition coefficient (Wildman–Crippen LogP) is 1.73. The van der Waals surface area contributed by atoms with Crippen molar-refractivity contribution in [3.63, 3.8) is 0 Å². The lowest BCUT2D eigenvalue weighted by atomic mass is 9.93. The highest BCUT2D eigenvalue weighted by Gasteiger charge is 2.34. The van der Waals surface area contributed by atoms with Crippen molar-refractivity contribution in [2.45, 2.75) is 57.3 Å². The van der Waals surface area contributed by atoms with Crippen LogP contribution in [0.4, 0.5) is 13.2 Å². The highest BCUT2D eigenvalue weighted by Crippen LogP contribution is 2.23. The van der Waals surface area contributed by atoms with E-state index in [1.807, 2.05) is 6.92 Å². The van der Waals surface area contributed by atoms with E-state index < -0.39 is 12.7 Å². The summed E-state index contributed by atoms with van der Waals surface area (Å²) >= 11 is 0. The van der Waals surface area contributed by atoms with Gasteiger partial charge in [0.15, 0.2) is 5.96 Å². The highest BCUT2D eigenvalue weighted by molar-refractivity contribution is 5.80. The van der Waals surface area contributed by atoms with Gasteiger partial charge in [-0.2, -0.15) is 13.2 Å². The second-order valence-corrected chi connectivity index (χ2v) is 6.87. The van der Waals surface area contributed by atoms with E-state index in [9.17, 15) is 18.3 Å². The normalized spacial score (nSPS) is 29.7. The van der Waals surface area contributed by atoms with E-state index in [1.54, 1.807) is 0 Å². The van der Waals surface area contributed by atoms with Crippen LogP contribution in [-0.2, 0) is 0 Å². The number of halogens is 3. The first kappa shape index (κ1) is 19.3. The number of aliphatic imine (C=N–C) groups is 1. The van der Waals surface area contributed by atoms with Crippen LogP contribution in [0, 0.1) is 5.92 Å². The summed E-state index contributed by atoms with van der Waals surface area (Å²) in [4.78, 5) is 6.02. The number of hydrogen-bond donors (Lipinski definition) is 3. The molecule has 24 heavy (non-hydrogen) atoms. The van der Waals surface area contributed by atoms with Gasteiger partial charge >= 0.3 is 6.18 Å². The van der Waals surface area contributed by atoms with Crippen LogP contribution < -0.4 is 10.6 Å². The molecule has 1 aliphatic heterocycles. The Kier molecular flexibility index (Phi) is 7.16. The van der Waals surface area contributed by atoms with Crippen LogP contribution in [0.1, 0.15) is 39.0 Å². The Morgan fingerprint density at radius 2 is 1.92 bits per heavy atom. The van der Waals surface area contributed by atoms with Crippen molar-refractivity contribution < 1.29 is 18.3 Å². The summed E-state index contributed by atoms with van der Waals surface area (Å²) in [6, 6.07) is 0.302. The van der Waals surface area contributed by atoms with Crippen molar-refractivity contribution in [2.75, 3.05) is 32.7 Å². The number of alkyl halides is 3. The third-order valence-corrected chi connectivity index (χ3v) is 4.66. The Bertz CT molecular complexity index is 409. The number of aliphatic hydroxyl groups is 1. The number of likely N-dealkylation sites (tertiary alicyclic amines) is 1. The lowest BCUT2D eigenvalue weighted by molar-refractivity contribution is -0.143. The van der Waals surface area contributed by atoms with Gasteiger partial charge in [-0.1, -0.05) is 0 Å². The fourth-order valence-corrected chi connectivity index (χ4v) is 3.41. The number of nitrogens with one attached hydrogen (secondary N) is 2. The summed E-state index contributed by atoms with van der Waals surface area (Å²) in [5.74, 6) is 0.907. The maximum atomic E-state index is 12.4. The van der Waals surface area contributed by atoms with Crippen molar-refractivity contribution in [3.05, 3.63) is 0 Å². The Labute approximate surface area is 141 Å². The fourth-order valence-electron chi connectivity index (χ4n) is 3.41. The van der Waals surface area contributed by atoms with Gasteiger partial charge in [0, 0.05) is 25.7 Å². The molecule has 0 radical (unpaired) electrons. The van der Waals surface area contributed by atoms with E-state index in [-0.39, 0.29) is 12.0 Å². The van der Waals surface area contributed by atoms with Crippen LogP contribution in [-0.4, -0.2) is 67.0 Å². The molecule has 5 nitrogen and oxygen atoms in total. The van der Waals surface area contributed by atoms with Gasteiger partial charge in [-0.3, -0.25) is 9.89 Å². The molecule has 1 unspecified atom stereocenters. The average Bonchev–Trinajstić information content (AvgIpc) is 2.93. The second kappa shape index (κ2) is 8.89. The molecule has 0 aromatic heterocycles. The third-order valence-electron chi connectivity index (χ3n) is 4.66. The van der Waals surface area contributed by atoms with Crippen molar-refractivity contribution in [3.8, 4) is 0 Å². The first-order valence-corrected chi connectivity index (χ1v) is 8.87.